The van der Waals surface area contributed by atoms with Crippen molar-refractivity contribution in [3.63, 3.8) is 0 Å². The number of aryl methyl sites for hydroxylation is 1. The quantitative estimate of drug-likeness (QED) is 0.633. The maximum atomic E-state index is 5.67. The Bertz CT molecular complexity index is 392. The zero-order valence-electron chi connectivity index (χ0n) is 11.3. The summed E-state index contributed by atoms with van der Waals surface area (Å²) in [5.41, 5.74) is 2.66. The average molecular weight is 253 g/mol. The van der Waals surface area contributed by atoms with Gasteiger partial charge in [0, 0.05) is 6.61 Å². The van der Waals surface area contributed by atoms with Crippen LogP contribution in [0.4, 0.5) is 0 Å². The standard InChI is InChI=1S/C18H21O/c1-4-10-17(11-5-1)12-8-3-9-15-19-16-18-13-6-2-7-14-18/h2,4-7,10-11,13-14H,3,8-9,12,15-16H2. The predicted molar refractivity (Wildman–Crippen MR) is 78.9 cm³/mol. The van der Waals surface area contributed by atoms with Crippen molar-refractivity contribution in [2.45, 2.75) is 32.3 Å². The molecule has 0 aliphatic rings. The first-order chi connectivity index (χ1) is 9.45. The molecule has 0 aliphatic carbocycles. The fourth-order valence-electron chi connectivity index (χ4n) is 2.06. The molecule has 0 saturated carbocycles. The number of rotatable bonds is 8. The molecule has 2 rings (SSSR count). The molecule has 0 unspecified atom stereocenters. The Morgan fingerprint density at radius 3 is 2.37 bits per heavy atom. The summed E-state index contributed by atoms with van der Waals surface area (Å²) in [5.74, 6) is 0. The number of hydrogen-bond acceptors (Lipinski definition) is 1. The zero-order valence-corrected chi connectivity index (χ0v) is 11.3. The highest BCUT2D eigenvalue weighted by molar-refractivity contribution is 5.14. The highest BCUT2D eigenvalue weighted by atomic mass is 16.5. The van der Waals surface area contributed by atoms with E-state index in [0.717, 1.165) is 26.1 Å². The van der Waals surface area contributed by atoms with Crippen LogP contribution >= 0.6 is 0 Å². The summed E-state index contributed by atoms with van der Waals surface area (Å²) in [6.45, 7) is 1.59. The van der Waals surface area contributed by atoms with Crippen LogP contribution in [0.3, 0.4) is 0 Å². The fourth-order valence-corrected chi connectivity index (χ4v) is 2.06. The van der Waals surface area contributed by atoms with E-state index in [1.165, 1.54) is 24.0 Å². The third-order valence-electron chi connectivity index (χ3n) is 3.15. The van der Waals surface area contributed by atoms with Crippen molar-refractivity contribution < 1.29 is 4.74 Å². The van der Waals surface area contributed by atoms with Crippen LogP contribution in [0.2, 0.25) is 0 Å². The monoisotopic (exact) mass is 253 g/mol. The van der Waals surface area contributed by atoms with Crippen LogP contribution in [0.25, 0.3) is 0 Å². The van der Waals surface area contributed by atoms with Gasteiger partial charge in [0.15, 0.2) is 0 Å². The van der Waals surface area contributed by atoms with Crippen molar-refractivity contribution in [1.29, 1.82) is 0 Å². The molecule has 0 spiro atoms. The Kier molecular flexibility index (Phi) is 6.18. The second-order valence-electron chi connectivity index (χ2n) is 4.76. The van der Waals surface area contributed by atoms with E-state index in [9.17, 15) is 0 Å². The molecule has 0 fully saturated rings. The summed E-state index contributed by atoms with van der Waals surface area (Å²) >= 11 is 0. The molecular weight excluding hydrogens is 232 g/mol. The van der Waals surface area contributed by atoms with Gasteiger partial charge in [-0.2, -0.15) is 0 Å². The van der Waals surface area contributed by atoms with Gasteiger partial charge < -0.3 is 4.74 Å². The molecule has 0 aliphatic heterocycles. The lowest BCUT2D eigenvalue weighted by molar-refractivity contribution is 0.117. The van der Waals surface area contributed by atoms with Crippen LogP contribution in [0.1, 0.15) is 30.4 Å². The van der Waals surface area contributed by atoms with Crippen molar-refractivity contribution in [3.8, 4) is 0 Å². The normalized spacial score (nSPS) is 10.5. The first kappa shape index (κ1) is 13.8. The molecule has 2 aromatic rings. The van der Waals surface area contributed by atoms with E-state index >= 15 is 0 Å². The van der Waals surface area contributed by atoms with Gasteiger partial charge >= 0.3 is 0 Å². The van der Waals surface area contributed by atoms with E-state index in [1.807, 2.05) is 18.2 Å². The van der Waals surface area contributed by atoms with Crippen molar-refractivity contribution in [2.75, 3.05) is 6.61 Å². The molecule has 0 atom stereocenters. The molecule has 1 radical (unpaired) electrons. The Labute approximate surface area is 116 Å². The van der Waals surface area contributed by atoms with Gasteiger partial charge in [0.1, 0.15) is 0 Å². The maximum Gasteiger partial charge on any atom is 0.0716 e. The van der Waals surface area contributed by atoms with Gasteiger partial charge in [0.25, 0.3) is 0 Å². The topological polar surface area (TPSA) is 9.23 Å². The largest absolute Gasteiger partial charge is 0.377 e. The highest BCUT2D eigenvalue weighted by Crippen LogP contribution is 2.07. The minimum atomic E-state index is 0.732. The summed E-state index contributed by atoms with van der Waals surface area (Å²) in [5, 5.41) is 0. The van der Waals surface area contributed by atoms with Crippen LogP contribution < -0.4 is 0 Å². The molecule has 19 heavy (non-hydrogen) atoms. The van der Waals surface area contributed by atoms with Crippen LogP contribution in [-0.2, 0) is 17.8 Å². The molecule has 2 aromatic carbocycles. The highest BCUT2D eigenvalue weighted by Gasteiger charge is 1.94. The minimum absolute atomic E-state index is 0.732. The van der Waals surface area contributed by atoms with Crippen molar-refractivity contribution in [1.82, 2.24) is 0 Å². The van der Waals surface area contributed by atoms with E-state index in [1.54, 1.807) is 0 Å². The lowest BCUT2D eigenvalue weighted by atomic mass is 10.1. The molecule has 0 bridgehead atoms. The van der Waals surface area contributed by atoms with Crippen LogP contribution in [0.15, 0.2) is 54.6 Å². The third-order valence-corrected chi connectivity index (χ3v) is 3.15. The lowest BCUT2D eigenvalue weighted by Crippen LogP contribution is -1.96. The fraction of sp³-hybridized carbons (Fsp3) is 0.333. The Morgan fingerprint density at radius 1 is 0.789 bits per heavy atom. The molecular formula is C18H21O. The third kappa shape index (κ3) is 5.71. The van der Waals surface area contributed by atoms with E-state index in [0.29, 0.717) is 0 Å². The van der Waals surface area contributed by atoms with Gasteiger partial charge in [0.2, 0.25) is 0 Å². The molecule has 1 heteroatoms. The van der Waals surface area contributed by atoms with Crippen LogP contribution in [-0.4, -0.2) is 6.61 Å². The lowest BCUT2D eigenvalue weighted by Gasteiger charge is -2.04. The summed E-state index contributed by atoms with van der Waals surface area (Å²) in [7, 11) is 0. The zero-order chi connectivity index (χ0) is 13.2. The van der Waals surface area contributed by atoms with Crippen LogP contribution in [0.5, 0.6) is 0 Å². The van der Waals surface area contributed by atoms with E-state index < -0.39 is 0 Å². The second kappa shape index (κ2) is 8.49. The van der Waals surface area contributed by atoms with Gasteiger partial charge in [-0.05, 0) is 36.5 Å². The van der Waals surface area contributed by atoms with E-state index in [2.05, 4.69) is 42.5 Å². The van der Waals surface area contributed by atoms with Crippen molar-refractivity contribution >= 4 is 0 Å². The molecule has 0 aromatic heterocycles. The molecule has 0 amide bonds. The maximum absolute atomic E-state index is 5.67. The average Bonchev–Trinajstić information content (AvgIpc) is 2.48. The van der Waals surface area contributed by atoms with Crippen molar-refractivity contribution in [3.05, 3.63) is 71.8 Å². The number of ether oxygens (including phenoxy) is 1. The van der Waals surface area contributed by atoms with Gasteiger partial charge in [0.05, 0.1) is 6.61 Å². The molecule has 0 saturated heterocycles. The molecule has 0 heterocycles. The van der Waals surface area contributed by atoms with Gasteiger partial charge in [-0.15, -0.1) is 0 Å². The molecule has 99 valence electrons. The Balaban J connectivity index is 1.49. The number of hydrogen-bond donors (Lipinski definition) is 0. The summed E-state index contributed by atoms with van der Waals surface area (Å²) in [4.78, 5) is 0. The van der Waals surface area contributed by atoms with Crippen molar-refractivity contribution in [2.24, 2.45) is 0 Å². The summed E-state index contributed by atoms with van der Waals surface area (Å²) < 4.78 is 5.67. The Morgan fingerprint density at radius 2 is 1.58 bits per heavy atom. The van der Waals surface area contributed by atoms with Crippen LogP contribution in [0, 0.1) is 6.07 Å². The first-order valence-corrected chi connectivity index (χ1v) is 7.02. The summed E-state index contributed by atoms with van der Waals surface area (Å²) in [6.07, 6.45) is 4.77. The van der Waals surface area contributed by atoms with Gasteiger partial charge in [-0.1, -0.05) is 61.0 Å². The van der Waals surface area contributed by atoms with E-state index in [4.69, 9.17) is 4.74 Å². The number of unbranched alkanes of at least 4 members (excludes halogenated alkanes) is 2. The SMILES string of the molecule is [c]1ccc(CCCCCOCc2ccccc2)cc1. The van der Waals surface area contributed by atoms with Gasteiger partial charge in [-0.3, -0.25) is 0 Å². The Hall–Kier alpha value is -1.60. The van der Waals surface area contributed by atoms with Gasteiger partial charge in [-0.25, -0.2) is 0 Å². The smallest absolute Gasteiger partial charge is 0.0716 e. The minimum Gasteiger partial charge on any atom is -0.377 e. The predicted octanol–water partition coefficient (Wildman–Crippen LogP) is 4.42. The first-order valence-electron chi connectivity index (χ1n) is 7.02. The second-order valence-corrected chi connectivity index (χ2v) is 4.76. The summed E-state index contributed by atoms with van der Waals surface area (Å²) in [6, 6.07) is 21.6. The van der Waals surface area contributed by atoms with E-state index in [-0.39, 0.29) is 0 Å². The molecule has 0 N–H and O–H groups in total. The number of benzene rings is 2. The molecule has 1 nitrogen and oxygen atoms in total.